The van der Waals surface area contributed by atoms with E-state index in [4.69, 9.17) is 4.74 Å². The molecule has 2 fully saturated rings. The van der Waals surface area contributed by atoms with Gasteiger partial charge in [0, 0.05) is 45.7 Å². The lowest BCUT2D eigenvalue weighted by atomic mass is 9.93. The van der Waals surface area contributed by atoms with E-state index in [1.165, 1.54) is 0 Å². The van der Waals surface area contributed by atoms with Crippen molar-refractivity contribution in [3.63, 3.8) is 0 Å². The molecule has 2 atom stereocenters. The Hall–Kier alpha value is -0.650. The average molecular weight is 270 g/mol. The Kier molecular flexibility index (Phi) is 4.81. The summed E-state index contributed by atoms with van der Waals surface area (Å²) in [5.41, 5.74) is -0.775. The summed E-state index contributed by atoms with van der Waals surface area (Å²) in [6.07, 6.45) is 4.35. The highest BCUT2D eigenvalue weighted by Gasteiger charge is 2.34. The molecule has 0 aliphatic carbocycles. The van der Waals surface area contributed by atoms with Crippen LogP contribution < -0.4 is 5.32 Å². The molecule has 0 aromatic heterocycles. The zero-order valence-corrected chi connectivity index (χ0v) is 12.0. The van der Waals surface area contributed by atoms with Crippen LogP contribution in [0.15, 0.2) is 0 Å². The van der Waals surface area contributed by atoms with E-state index >= 15 is 0 Å². The molecule has 2 N–H and O–H groups in total. The fourth-order valence-electron chi connectivity index (χ4n) is 3.03. The highest BCUT2D eigenvalue weighted by atomic mass is 16.5. The normalized spacial score (nSPS) is 30.9. The first-order valence-corrected chi connectivity index (χ1v) is 7.31. The molecule has 2 aliphatic heterocycles. The van der Waals surface area contributed by atoms with Gasteiger partial charge in [0.25, 0.3) is 0 Å². The van der Waals surface area contributed by atoms with Crippen molar-refractivity contribution in [3.05, 3.63) is 0 Å². The summed E-state index contributed by atoms with van der Waals surface area (Å²) in [5, 5.41) is 13.8. The lowest BCUT2D eigenvalue weighted by molar-refractivity contribution is -0.139. The molecule has 2 aliphatic rings. The van der Waals surface area contributed by atoms with Crippen LogP contribution in [0.3, 0.4) is 0 Å². The van der Waals surface area contributed by atoms with Gasteiger partial charge in [0.2, 0.25) is 5.91 Å². The smallest absolute Gasteiger partial charge is 0.239 e. The molecule has 110 valence electrons. The molecule has 0 spiro atoms. The van der Waals surface area contributed by atoms with Crippen LogP contribution in [0.2, 0.25) is 0 Å². The summed E-state index contributed by atoms with van der Waals surface area (Å²) >= 11 is 0. The highest BCUT2D eigenvalue weighted by Crippen LogP contribution is 2.22. The van der Waals surface area contributed by atoms with Crippen molar-refractivity contribution in [1.29, 1.82) is 0 Å². The molecule has 0 aromatic rings. The van der Waals surface area contributed by atoms with Gasteiger partial charge in [-0.25, -0.2) is 0 Å². The number of likely N-dealkylation sites (N-methyl/N-ethyl adjacent to an activating group) is 1. The number of nitrogens with one attached hydrogen (secondary N) is 1. The summed E-state index contributed by atoms with van der Waals surface area (Å²) in [5.74, 6) is 0.103. The Morgan fingerprint density at radius 1 is 1.42 bits per heavy atom. The van der Waals surface area contributed by atoms with Crippen molar-refractivity contribution in [2.45, 2.75) is 56.7 Å². The zero-order valence-electron chi connectivity index (χ0n) is 12.0. The molecule has 5 nitrogen and oxygen atoms in total. The number of piperidine rings is 1. The molecule has 0 bridgehead atoms. The van der Waals surface area contributed by atoms with Crippen LogP contribution in [-0.2, 0) is 9.53 Å². The predicted molar refractivity (Wildman–Crippen MR) is 72.9 cm³/mol. The number of ether oxygens (including phenoxy) is 1. The lowest BCUT2D eigenvalue weighted by Gasteiger charge is -2.37. The minimum absolute atomic E-state index is 0.0859. The van der Waals surface area contributed by atoms with Crippen LogP contribution in [0.5, 0.6) is 0 Å². The molecule has 0 saturated carbocycles. The van der Waals surface area contributed by atoms with Crippen LogP contribution in [0, 0.1) is 0 Å². The molecule has 19 heavy (non-hydrogen) atoms. The highest BCUT2D eigenvalue weighted by molar-refractivity contribution is 5.81. The first kappa shape index (κ1) is 14.8. The van der Waals surface area contributed by atoms with Gasteiger partial charge in [-0.05, 0) is 26.2 Å². The molecule has 2 saturated heterocycles. The van der Waals surface area contributed by atoms with Gasteiger partial charge in [0.15, 0.2) is 0 Å². The van der Waals surface area contributed by atoms with E-state index < -0.39 is 5.60 Å². The van der Waals surface area contributed by atoms with Crippen LogP contribution in [0.25, 0.3) is 0 Å². The van der Waals surface area contributed by atoms with Crippen molar-refractivity contribution in [3.8, 4) is 0 Å². The maximum atomic E-state index is 12.4. The number of amides is 1. The monoisotopic (exact) mass is 270 g/mol. The Morgan fingerprint density at radius 3 is 2.74 bits per heavy atom. The van der Waals surface area contributed by atoms with Gasteiger partial charge in [-0.3, -0.25) is 4.79 Å². The Bertz CT molecular complexity index is 316. The van der Waals surface area contributed by atoms with Gasteiger partial charge in [-0.2, -0.15) is 0 Å². The Morgan fingerprint density at radius 2 is 2.11 bits per heavy atom. The number of nitrogens with zero attached hydrogens (tertiary/aromatic N) is 1. The molecule has 5 heteroatoms. The fourth-order valence-corrected chi connectivity index (χ4v) is 3.03. The molecular formula is C14H26N2O3. The molecule has 0 radical (unpaired) electrons. The maximum Gasteiger partial charge on any atom is 0.239 e. The molecule has 0 aromatic carbocycles. The number of hydrogen-bond donors (Lipinski definition) is 2. The maximum absolute atomic E-state index is 12.4. The van der Waals surface area contributed by atoms with Crippen molar-refractivity contribution >= 4 is 5.91 Å². The third kappa shape index (κ3) is 3.91. The van der Waals surface area contributed by atoms with E-state index in [0.717, 1.165) is 19.3 Å². The molecular weight excluding hydrogens is 244 g/mol. The number of carbonyl (C=O) groups excluding carboxylic acids is 1. The average Bonchev–Trinajstić information content (AvgIpc) is 2.38. The first-order valence-electron chi connectivity index (χ1n) is 7.31. The molecule has 1 amide bonds. The summed E-state index contributed by atoms with van der Waals surface area (Å²) in [7, 11) is 1.79. The van der Waals surface area contributed by atoms with E-state index in [1.54, 1.807) is 11.9 Å². The second-order valence-electron chi connectivity index (χ2n) is 6.08. The fraction of sp³-hybridized carbons (Fsp3) is 0.929. The molecule has 2 heterocycles. The minimum Gasteiger partial charge on any atom is -0.388 e. The van der Waals surface area contributed by atoms with Gasteiger partial charge in [-0.15, -0.1) is 0 Å². The predicted octanol–water partition coefficient (Wildman–Crippen LogP) is 0.517. The number of aliphatic hydroxyl groups is 1. The zero-order chi connectivity index (χ0) is 13.9. The molecule has 2 unspecified atom stereocenters. The van der Waals surface area contributed by atoms with E-state index in [9.17, 15) is 9.90 Å². The Labute approximate surface area is 115 Å². The van der Waals surface area contributed by atoms with Gasteiger partial charge in [0.05, 0.1) is 11.6 Å². The van der Waals surface area contributed by atoms with Crippen molar-refractivity contribution in [2.24, 2.45) is 0 Å². The van der Waals surface area contributed by atoms with Crippen LogP contribution >= 0.6 is 0 Å². The lowest BCUT2D eigenvalue weighted by Crippen LogP contribution is -2.54. The van der Waals surface area contributed by atoms with Crippen molar-refractivity contribution < 1.29 is 14.6 Å². The van der Waals surface area contributed by atoms with E-state index in [2.05, 4.69) is 12.2 Å². The summed E-state index contributed by atoms with van der Waals surface area (Å²) in [4.78, 5) is 14.1. The van der Waals surface area contributed by atoms with E-state index in [-0.39, 0.29) is 11.9 Å². The van der Waals surface area contributed by atoms with E-state index in [1.807, 2.05) is 0 Å². The Balaban J connectivity index is 1.87. The van der Waals surface area contributed by atoms with Crippen molar-refractivity contribution in [1.82, 2.24) is 10.2 Å². The quantitative estimate of drug-likeness (QED) is 0.785. The second kappa shape index (κ2) is 6.20. The SMILES string of the molecule is CC1CCCC(C(=O)N(C)CC2(O)CCOCC2)N1. The standard InChI is InChI=1S/C14H26N2O3/c1-11-4-3-5-12(15-11)13(17)16(2)10-14(18)6-8-19-9-7-14/h11-12,15,18H,3-10H2,1-2H3. The third-order valence-electron chi connectivity index (χ3n) is 4.24. The third-order valence-corrected chi connectivity index (χ3v) is 4.24. The molecule has 2 rings (SSSR count). The van der Waals surface area contributed by atoms with Gasteiger partial charge < -0.3 is 20.1 Å². The van der Waals surface area contributed by atoms with Crippen LogP contribution in [0.1, 0.15) is 39.0 Å². The largest absolute Gasteiger partial charge is 0.388 e. The summed E-state index contributed by atoms with van der Waals surface area (Å²) < 4.78 is 5.26. The van der Waals surface area contributed by atoms with Crippen molar-refractivity contribution in [2.75, 3.05) is 26.8 Å². The number of rotatable bonds is 3. The number of hydrogen-bond acceptors (Lipinski definition) is 4. The van der Waals surface area contributed by atoms with Gasteiger partial charge in [0.1, 0.15) is 0 Å². The topological polar surface area (TPSA) is 61.8 Å². The van der Waals surface area contributed by atoms with Crippen LogP contribution in [0.4, 0.5) is 0 Å². The van der Waals surface area contributed by atoms with Crippen LogP contribution in [-0.4, -0.2) is 60.4 Å². The summed E-state index contributed by atoms with van der Waals surface area (Å²) in [6, 6.07) is 0.319. The van der Waals surface area contributed by atoms with Gasteiger partial charge in [-0.1, -0.05) is 0 Å². The first-order chi connectivity index (χ1) is 9.00. The number of carbonyl (C=O) groups is 1. The second-order valence-corrected chi connectivity index (χ2v) is 6.08. The minimum atomic E-state index is -0.775. The summed E-state index contributed by atoms with van der Waals surface area (Å²) in [6.45, 7) is 3.68. The van der Waals surface area contributed by atoms with Gasteiger partial charge >= 0.3 is 0 Å². The van der Waals surface area contributed by atoms with E-state index in [0.29, 0.717) is 38.6 Å².